The lowest BCUT2D eigenvalue weighted by Crippen LogP contribution is -2.51. The first-order valence-electron chi connectivity index (χ1n) is 4.12. The Labute approximate surface area is 79.9 Å². The number of hydrogen-bond acceptors (Lipinski definition) is 2. The largest absolute Gasteiger partial charge is 0.471 e. The van der Waals surface area contributed by atoms with Gasteiger partial charge in [-0.1, -0.05) is 13.8 Å². The molecule has 1 amide bonds. The van der Waals surface area contributed by atoms with Crippen LogP contribution in [0.4, 0.5) is 13.2 Å². The van der Waals surface area contributed by atoms with Gasteiger partial charge < -0.3 is 5.32 Å². The average molecular weight is 208 g/mol. The minimum absolute atomic E-state index is 0.141. The van der Waals surface area contributed by atoms with Crippen molar-refractivity contribution in [2.45, 2.75) is 38.4 Å². The summed E-state index contributed by atoms with van der Waals surface area (Å²) in [7, 11) is 0. The standard InChI is InChI=1S/C8H11F3N2O/c1-3-7(4-2,5-12)13-6(14)8(9,10)11/h3-4H2,1-2H3,(H,13,14). The summed E-state index contributed by atoms with van der Waals surface area (Å²) in [6.07, 6.45) is -4.66. The number of rotatable bonds is 3. The normalized spacial score (nSPS) is 12.0. The topological polar surface area (TPSA) is 52.9 Å². The Morgan fingerprint density at radius 2 is 1.79 bits per heavy atom. The van der Waals surface area contributed by atoms with Crippen LogP contribution in [0.2, 0.25) is 0 Å². The summed E-state index contributed by atoms with van der Waals surface area (Å²) in [5.74, 6) is -2.07. The number of halogens is 3. The van der Waals surface area contributed by atoms with E-state index in [9.17, 15) is 18.0 Å². The van der Waals surface area contributed by atoms with E-state index in [2.05, 4.69) is 0 Å². The average Bonchev–Trinajstić information content (AvgIpc) is 2.12. The van der Waals surface area contributed by atoms with Crippen molar-refractivity contribution in [2.75, 3.05) is 0 Å². The summed E-state index contributed by atoms with van der Waals surface area (Å²) in [6, 6.07) is 1.69. The van der Waals surface area contributed by atoms with E-state index in [0.717, 1.165) is 0 Å². The van der Waals surface area contributed by atoms with Gasteiger partial charge in [0.05, 0.1) is 6.07 Å². The van der Waals surface area contributed by atoms with E-state index in [4.69, 9.17) is 5.26 Å². The molecule has 0 radical (unpaired) electrons. The Hall–Kier alpha value is -1.25. The highest BCUT2D eigenvalue weighted by atomic mass is 19.4. The van der Waals surface area contributed by atoms with Crippen LogP contribution in [0.15, 0.2) is 0 Å². The second-order valence-corrected chi connectivity index (χ2v) is 2.85. The minimum atomic E-state index is -4.94. The quantitative estimate of drug-likeness (QED) is 0.768. The maximum atomic E-state index is 11.9. The molecule has 0 rings (SSSR count). The molecule has 3 nitrogen and oxygen atoms in total. The lowest BCUT2D eigenvalue weighted by Gasteiger charge is -2.25. The van der Waals surface area contributed by atoms with Gasteiger partial charge in [0.25, 0.3) is 0 Å². The monoisotopic (exact) mass is 208 g/mol. The maximum absolute atomic E-state index is 11.9. The van der Waals surface area contributed by atoms with Gasteiger partial charge in [-0.3, -0.25) is 4.79 Å². The molecule has 0 heterocycles. The summed E-state index contributed by atoms with van der Waals surface area (Å²) >= 11 is 0. The van der Waals surface area contributed by atoms with Crippen LogP contribution in [0.1, 0.15) is 26.7 Å². The van der Waals surface area contributed by atoms with Crippen molar-refractivity contribution < 1.29 is 18.0 Å². The van der Waals surface area contributed by atoms with E-state index in [1.165, 1.54) is 0 Å². The van der Waals surface area contributed by atoms with Gasteiger partial charge in [0.1, 0.15) is 5.54 Å². The molecule has 14 heavy (non-hydrogen) atoms. The van der Waals surface area contributed by atoms with Crippen LogP contribution in [0.5, 0.6) is 0 Å². The van der Waals surface area contributed by atoms with Gasteiger partial charge in [-0.25, -0.2) is 0 Å². The van der Waals surface area contributed by atoms with E-state index < -0.39 is 17.6 Å². The van der Waals surface area contributed by atoms with Crippen molar-refractivity contribution in [2.24, 2.45) is 0 Å². The van der Waals surface area contributed by atoms with E-state index in [1.54, 1.807) is 25.2 Å². The summed E-state index contributed by atoms with van der Waals surface area (Å²) in [5.41, 5.74) is -1.41. The molecule has 0 saturated carbocycles. The summed E-state index contributed by atoms with van der Waals surface area (Å²) in [4.78, 5) is 10.6. The molecule has 0 saturated heterocycles. The molecule has 0 aromatic rings. The van der Waals surface area contributed by atoms with E-state index in [-0.39, 0.29) is 12.8 Å². The molecular formula is C8H11F3N2O. The first-order chi connectivity index (χ1) is 6.31. The van der Waals surface area contributed by atoms with Gasteiger partial charge in [-0.15, -0.1) is 0 Å². The molecule has 0 bridgehead atoms. The highest BCUT2D eigenvalue weighted by Gasteiger charge is 2.43. The second kappa shape index (κ2) is 4.31. The van der Waals surface area contributed by atoms with Crippen LogP contribution in [0.25, 0.3) is 0 Å². The van der Waals surface area contributed by atoms with E-state index in [0.29, 0.717) is 0 Å². The number of hydrogen-bond donors (Lipinski definition) is 1. The van der Waals surface area contributed by atoms with Gasteiger partial charge in [0.15, 0.2) is 0 Å². The van der Waals surface area contributed by atoms with Crippen molar-refractivity contribution in [1.82, 2.24) is 5.32 Å². The third-order valence-corrected chi connectivity index (χ3v) is 2.03. The molecular weight excluding hydrogens is 197 g/mol. The molecule has 1 N–H and O–H groups in total. The van der Waals surface area contributed by atoms with Crippen molar-refractivity contribution >= 4 is 5.91 Å². The van der Waals surface area contributed by atoms with Crippen LogP contribution in [-0.2, 0) is 4.79 Å². The van der Waals surface area contributed by atoms with Gasteiger partial charge >= 0.3 is 12.1 Å². The second-order valence-electron chi connectivity index (χ2n) is 2.85. The van der Waals surface area contributed by atoms with Gasteiger partial charge in [-0.2, -0.15) is 18.4 Å². The molecule has 6 heteroatoms. The van der Waals surface area contributed by atoms with Crippen molar-refractivity contribution in [3.05, 3.63) is 0 Å². The first-order valence-corrected chi connectivity index (χ1v) is 4.12. The Balaban J connectivity index is 4.65. The number of alkyl halides is 3. The zero-order valence-electron chi connectivity index (χ0n) is 7.90. The highest BCUT2D eigenvalue weighted by Crippen LogP contribution is 2.19. The fraction of sp³-hybridized carbons (Fsp3) is 0.750. The van der Waals surface area contributed by atoms with Gasteiger partial charge in [0, 0.05) is 0 Å². The van der Waals surface area contributed by atoms with Crippen LogP contribution in [0, 0.1) is 11.3 Å². The van der Waals surface area contributed by atoms with Crippen molar-refractivity contribution in [3.8, 4) is 6.07 Å². The predicted molar refractivity (Wildman–Crippen MR) is 43.1 cm³/mol. The number of amides is 1. The number of carbonyl (C=O) groups is 1. The van der Waals surface area contributed by atoms with Crippen LogP contribution < -0.4 is 5.32 Å². The zero-order valence-corrected chi connectivity index (χ0v) is 7.90. The number of nitrogens with one attached hydrogen (secondary N) is 1. The molecule has 0 atom stereocenters. The van der Waals surface area contributed by atoms with Gasteiger partial charge in [-0.05, 0) is 12.8 Å². The Morgan fingerprint density at radius 3 is 2.00 bits per heavy atom. The first kappa shape index (κ1) is 12.8. The fourth-order valence-corrected chi connectivity index (χ4v) is 0.901. The van der Waals surface area contributed by atoms with Gasteiger partial charge in [0.2, 0.25) is 0 Å². The van der Waals surface area contributed by atoms with E-state index in [1.807, 2.05) is 0 Å². The van der Waals surface area contributed by atoms with Crippen molar-refractivity contribution in [3.63, 3.8) is 0 Å². The van der Waals surface area contributed by atoms with Crippen LogP contribution in [0.3, 0.4) is 0 Å². The molecule has 0 spiro atoms. The number of nitriles is 1. The smallest absolute Gasteiger partial charge is 0.330 e. The molecule has 0 aliphatic carbocycles. The molecule has 0 unspecified atom stereocenters. The lowest BCUT2D eigenvalue weighted by atomic mass is 9.95. The molecule has 80 valence electrons. The maximum Gasteiger partial charge on any atom is 0.471 e. The molecule has 0 aromatic heterocycles. The third-order valence-electron chi connectivity index (χ3n) is 2.03. The predicted octanol–water partition coefficient (Wildman–Crippen LogP) is 1.75. The number of nitrogens with zero attached hydrogens (tertiary/aromatic N) is 1. The molecule has 0 aliphatic rings. The Morgan fingerprint density at radius 1 is 1.36 bits per heavy atom. The minimum Gasteiger partial charge on any atom is -0.330 e. The highest BCUT2D eigenvalue weighted by molar-refractivity contribution is 5.82. The van der Waals surface area contributed by atoms with E-state index >= 15 is 0 Å². The summed E-state index contributed by atoms with van der Waals surface area (Å²) in [5, 5.41) is 10.4. The number of carbonyl (C=O) groups excluding carboxylic acids is 1. The SMILES string of the molecule is CCC(C#N)(CC)NC(=O)C(F)(F)F. The molecule has 0 aromatic carbocycles. The van der Waals surface area contributed by atoms with Crippen LogP contribution >= 0.6 is 0 Å². The third kappa shape index (κ3) is 2.91. The Kier molecular flexibility index (Phi) is 3.93. The summed E-state index contributed by atoms with van der Waals surface area (Å²) < 4.78 is 35.6. The Bertz CT molecular complexity index is 250. The zero-order chi connectivity index (χ0) is 11.4. The lowest BCUT2D eigenvalue weighted by molar-refractivity contribution is -0.175. The molecule has 0 fully saturated rings. The summed E-state index contributed by atoms with van der Waals surface area (Å²) in [6.45, 7) is 3.09. The molecule has 0 aliphatic heterocycles. The van der Waals surface area contributed by atoms with Crippen molar-refractivity contribution in [1.29, 1.82) is 5.26 Å². The fourth-order valence-electron chi connectivity index (χ4n) is 0.901. The van der Waals surface area contributed by atoms with Crippen LogP contribution in [-0.4, -0.2) is 17.6 Å².